The van der Waals surface area contributed by atoms with Crippen LogP contribution in [0.5, 0.6) is 11.5 Å². The first-order valence-electron chi connectivity index (χ1n) is 6.09. The number of aromatic nitrogens is 3. The molecule has 0 saturated heterocycles. The van der Waals surface area contributed by atoms with E-state index in [1.165, 1.54) is 6.21 Å². The summed E-state index contributed by atoms with van der Waals surface area (Å²) in [5.74, 6) is 1.32. The number of nitrogens with zero attached hydrogens (tertiary/aromatic N) is 3. The van der Waals surface area contributed by atoms with Crippen molar-refractivity contribution in [1.82, 2.24) is 15.2 Å². The van der Waals surface area contributed by atoms with Gasteiger partial charge in [0.05, 0.1) is 20.4 Å². The summed E-state index contributed by atoms with van der Waals surface area (Å²) < 4.78 is 10.5. The lowest BCUT2D eigenvalue weighted by molar-refractivity contribution is 0.354. The number of ether oxygens (including phenoxy) is 2. The first-order valence-corrected chi connectivity index (χ1v) is 6.09. The lowest BCUT2D eigenvalue weighted by atomic mass is 10.2. The molecule has 8 heteroatoms. The van der Waals surface area contributed by atoms with E-state index in [2.05, 4.69) is 25.7 Å². The zero-order valence-electron chi connectivity index (χ0n) is 11.9. The molecule has 2 aromatic rings. The van der Waals surface area contributed by atoms with Gasteiger partial charge in [-0.3, -0.25) is 9.78 Å². The zero-order chi connectivity index (χ0) is 15.2. The summed E-state index contributed by atoms with van der Waals surface area (Å²) >= 11 is 0. The number of hydrogen-bond donors (Lipinski definition) is 2. The van der Waals surface area contributed by atoms with E-state index < -0.39 is 0 Å². The zero-order valence-corrected chi connectivity index (χ0v) is 11.9. The normalized spacial score (nSPS) is 10.6. The molecule has 0 aliphatic carbocycles. The fourth-order valence-corrected chi connectivity index (χ4v) is 1.62. The molecule has 21 heavy (non-hydrogen) atoms. The van der Waals surface area contributed by atoms with E-state index in [4.69, 9.17) is 9.47 Å². The summed E-state index contributed by atoms with van der Waals surface area (Å²) in [5.41, 5.74) is 3.28. The SMILES string of the molecule is COc1cccc(/C=N/Nc2nnc(C)c(=O)[nH]2)c1OC. The van der Waals surface area contributed by atoms with Gasteiger partial charge in [-0.05, 0) is 19.1 Å². The number of H-pyrrole nitrogens is 1. The third-order valence-corrected chi connectivity index (χ3v) is 2.67. The van der Waals surface area contributed by atoms with Gasteiger partial charge in [-0.25, -0.2) is 5.43 Å². The second kappa shape index (κ2) is 6.51. The Labute approximate surface area is 120 Å². The van der Waals surface area contributed by atoms with Crippen LogP contribution < -0.4 is 20.5 Å². The van der Waals surface area contributed by atoms with Crippen LogP contribution in [0, 0.1) is 6.92 Å². The molecular weight excluding hydrogens is 274 g/mol. The van der Waals surface area contributed by atoms with Crippen LogP contribution in [0.1, 0.15) is 11.3 Å². The number of aryl methyl sites for hydroxylation is 1. The summed E-state index contributed by atoms with van der Waals surface area (Å²) in [6.45, 7) is 1.57. The van der Waals surface area contributed by atoms with Crippen molar-refractivity contribution < 1.29 is 9.47 Å². The van der Waals surface area contributed by atoms with E-state index in [1.807, 2.05) is 12.1 Å². The molecule has 2 rings (SSSR count). The average molecular weight is 289 g/mol. The van der Waals surface area contributed by atoms with Crippen molar-refractivity contribution in [3.8, 4) is 11.5 Å². The molecule has 0 spiro atoms. The molecule has 0 radical (unpaired) electrons. The number of anilines is 1. The molecule has 0 aliphatic rings. The van der Waals surface area contributed by atoms with Crippen LogP contribution >= 0.6 is 0 Å². The van der Waals surface area contributed by atoms with Crippen molar-refractivity contribution >= 4 is 12.2 Å². The highest BCUT2D eigenvalue weighted by Gasteiger charge is 2.07. The molecule has 0 bridgehead atoms. The quantitative estimate of drug-likeness (QED) is 0.627. The highest BCUT2D eigenvalue weighted by molar-refractivity contribution is 5.85. The molecule has 1 aromatic heterocycles. The van der Waals surface area contributed by atoms with Gasteiger partial charge >= 0.3 is 0 Å². The minimum Gasteiger partial charge on any atom is -0.493 e. The maximum atomic E-state index is 11.4. The van der Waals surface area contributed by atoms with Gasteiger partial charge in [0.15, 0.2) is 11.5 Å². The fraction of sp³-hybridized carbons (Fsp3) is 0.231. The molecule has 8 nitrogen and oxygen atoms in total. The largest absolute Gasteiger partial charge is 0.493 e. The van der Waals surface area contributed by atoms with E-state index in [9.17, 15) is 4.79 Å². The number of para-hydroxylation sites is 1. The summed E-state index contributed by atoms with van der Waals surface area (Å²) in [6.07, 6.45) is 1.53. The van der Waals surface area contributed by atoms with E-state index in [-0.39, 0.29) is 11.5 Å². The molecule has 0 atom stereocenters. The van der Waals surface area contributed by atoms with Crippen LogP contribution in [-0.4, -0.2) is 35.6 Å². The van der Waals surface area contributed by atoms with Crippen molar-refractivity contribution in [2.75, 3.05) is 19.6 Å². The molecule has 1 aromatic carbocycles. The number of nitrogens with one attached hydrogen (secondary N) is 2. The number of aromatic amines is 1. The molecular formula is C13H15N5O3. The minimum atomic E-state index is -0.318. The molecule has 1 heterocycles. The van der Waals surface area contributed by atoms with Crippen LogP contribution in [0.15, 0.2) is 28.1 Å². The Morgan fingerprint density at radius 2 is 2.10 bits per heavy atom. The van der Waals surface area contributed by atoms with Crippen LogP contribution in [0.3, 0.4) is 0 Å². The maximum Gasteiger partial charge on any atom is 0.274 e. The molecule has 0 fully saturated rings. The first kappa shape index (κ1) is 14.5. The van der Waals surface area contributed by atoms with Crippen molar-refractivity contribution in [1.29, 1.82) is 0 Å². The monoisotopic (exact) mass is 289 g/mol. The molecule has 110 valence electrons. The van der Waals surface area contributed by atoms with Crippen molar-refractivity contribution in [2.45, 2.75) is 6.92 Å². The van der Waals surface area contributed by atoms with Gasteiger partial charge in [0.25, 0.3) is 5.56 Å². The Bertz CT molecular complexity index is 711. The van der Waals surface area contributed by atoms with Crippen molar-refractivity contribution in [2.24, 2.45) is 5.10 Å². The lowest BCUT2D eigenvalue weighted by Gasteiger charge is -2.09. The van der Waals surface area contributed by atoms with Gasteiger partial charge in [0.2, 0.25) is 5.95 Å². The topological polar surface area (TPSA) is 101 Å². The predicted molar refractivity (Wildman–Crippen MR) is 78.2 cm³/mol. The van der Waals surface area contributed by atoms with Gasteiger partial charge in [-0.2, -0.15) is 5.10 Å². The standard InChI is InChI=1S/C13H15N5O3/c1-8-12(19)15-13(18-16-8)17-14-7-9-5-4-6-10(20-2)11(9)21-3/h4-7H,1-3H3,(H2,15,17,18,19)/b14-7+. The second-order valence-corrected chi connectivity index (χ2v) is 4.04. The van der Waals surface area contributed by atoms with Crippen LogP contribution in [0.4, 0.5) is 5.95 Å². The van der Waals surface area contributed by atoms with E-state index >= 15 is 0 Å². The summed E-state index contributed by atoms with van der Waals surface area (Å²) in [6, 6.07) is 5.42. The molecule has 2 N–H and O–H groups in total. The van der Waals surface area contributed by atoms with Crippen molar-refractivity contribution in [3.05, 3.63) is 39.8 Å². The van der Waals surface area contributed by atoms with Crippen molar-refractivity contribution in [3.63, 3.8) is 0 Å². The third-order valence-electron chi connectivity index (χ3n) is 2.67. The fourth-order valence-electron chi connectivity index (χ4n) is 1.62. The Kier molecular flexibility index (Phi) is 4.50. The number of benzene rings is 1. The minimum absolute atomic E-state index is 0.156. The summed E-state index contributed by atoms with van der Waals surface area (Å²) in [4.78, 5) is 13.9. The maximum absolute atomic E-state index is 11.4. The van der Waals surface area contributed by atoms with E-state index in [1.54, 1.807) is 27.2 Å². The highest BCUT2D eigenvalue weighted by Crippen LogP contribution is 2.29. The second-order valence-electron chi connectivity index (χ2n) is 4.04. The Hall–Kier alpha value is -2.90. The summed E-state index contributed by atoms with van der Waals surface area (Å²) in [5, 5.41) is 11.4. The number of methoxy groups -OCH3 is 2. The van der Waals surface area contributed by atoms with Gasteiger partial charge in [0, 0.05) is 5.56 Å². The van der Waals surface area contributed by atoms with E-state index in [0.29, 0.717) is 22.8 Å². The van der Waals surface area contributed by atoms with Gasteiger partial charge in [-0.15, -0.1) is 10.2 Å². The first-order chi connectivity index (χ1) is 10.2. The number of rotatable bonds is 5. The molecule has 0 amide bonds. The number of hydrazone groups is 1. The van der Waals surface area contributed by atoms with Crippen LogP contribution in [0.2, 0.25) is 0 Å². The number of hydrogen-bond acceptors (Lipinski definition) is 7. The lowest BCUT2D eigenvalue weighted by Crippen LogP contribution is -2.15. The van der Waals surface area contributed by atoms with E-state index in [0.717, 1.165) is 0 Å². The Morgan fingerprint density at radius 3 is 2.76 bits per heavy atom. The van der Waals surface area contributed by atoms with Gasteiger partial charge in [0.1, 0.15) is 5.69 Å². The Morgan fingerprint density at radius 1 is 1.29 bits per heavy atom. The predicted octanol–water partition coefficient (Wildman–Crippen LogP) is 0.937. The molecule has 0 saturated carbocycles. The van der Waals surface area contributed by atoms with Gasteiger partial charge in [-0.1, -0.05) is 6.07 Å². The molecule has 0 aliphatic heterocycles. The third kappa shape index (κ3) is 3.35. The molecule has 0 unspecified atom stereocenters. The average Bonchev–Trinajstić information content (AvgIpc) is 2.50. The highest BCUT2D eigenvalue weighted by atomic mass is 16.5. The Balaban J connectivity index is 2.18. The van der Waals surface area contributed by atoms with Crippen LogP contribution in [0.25, 0.3) is 0 Å². The van der Waals surface area contributed by atoms with Gasteiger partial charge < -0.3 is 9.47 Å². The smallest absolute Gasteiger partial charge is 0.274 e. The summed E-state index contributed by atoms with van der Waals surface area (Å²) in [7, 11) is 3.11. The van der Waals surface area contributed by atoms with Crippen LogP contribution in [-0.2, 0) is 0 Å².